The van der Waals surface area contributed by atoms with Gasteiger partial charge in [0, 0.05) is 51.9 Å². The standard InChI is InChI=1S/C18H34N4O2.HI/c1-5-24-11-9-18(7-8-18)13-20-17(19-4)21-15-6-10-22(12-15)16(23)14(2)3;/h14-15H,5-13H2,1-4H3,(H2,19,20,21);1H. The first-order chi connectivity index (χ1) is 11.5. The van der Waals surface area contributed by atoms with Gasteiger partial charge in [0.25, 0.3) is 0 Å². The maximum Gasteiger partial charge on any atom is 0.225 e. The van der Waals surface area contributed by atoms with Crippen molar-refractivity contribution in [2.45, 2.75) is 52.5 Å². The third-order valence-corrected chi connectivity index (χ3v) is 5.13. The van der Waals surface area contributed by atoms with Crippen molar-refractivity contribution in [2.24, 2.45) is 16.3 Å². The monoisotopic (exact) mass is 466 g/mol. The molecule has 1 heterocycles. The molecule has 6 nitrogen and oxygen atoms in total. The number of likely N-dealkylation sites (tertiary alicyclic amines) is 1. The first-order valence-corrected chi connectivity index (χ1v) is 9.33. The van der Waals surface area contributed by atoms with Crippen molar-refractivity contribution in [1.29, 1.82) is 0 Å². The topological polar surface area (TPSA) is 66.0 Å². The molecule has 1 saturated heterocycles. The first kappa shape index (κ1) is 22.5. The van der Waals surface area contributed by atoms with E-state index in [1.807, 2.05) is 25.7 Å². The van der Waals surface area contributed by atoms with E-state index in [1.54, 1.807) is 7.05 Å². The van der Waals surface area contributed by atoms with E-state index in [-0.39, 0.29) is 41.8 Å². The number of aliphatic imine (C=N–C) groups is 1. The van der Waals surface area contributed by atoms with Gasteiger partial charge in [-0.2, -0.15) is 0 Å². The number of nitrogens with one attached hydrogen (secondary N) is 2. The number of nitrogens with zero attached hydrogens (tertiary/aromatic N) is 2. The van der Waals surface area contributed by atoms with Gasteiger partial charge in [-0.25, -0.2) is 0 Å². The van der Waals surface area contributed by atoms with Crippen LogP contribution in [0.25, 0.3) is 0 Å². The van der Waals surface area contributed by atoms with Gasteiger partial charge in [0.2, 0.25) is 5.91 Å². The SMILES string of the molecule is CCOCCC1(CNC(=NC)NC2CCN(C(=O)C(C)C)C2)CC1.I. The molecule has 0 aromatic rings. The molecule has 0 spiro atoms. The van der Waals surface area contributed by atoms with Crippen molar-refractivity contribution in [2.75, 3.05) is 39.9 Å². The van der Waals surface area contributed by atoms with E-state index in [2.05, 4.69) is 15.6 Å². The van der Waals surface area contributed by atoms with Crippen molar-refractivity contribution < 1.29 is 9.53 Å². The predicted molar refractivity (Wildman–Crippen MR) is 113 cm³/mol. The largest absolute Gasteiger partial charge is 0.382 e. The number of hydrogen-bond donors (Lipinski definition) is 2. The molecule has 0 aromatic heterocycles. The summed E-state index contributed by atoms with van der Waals surface area (Å²) in [7, 11) is 1.81. The van der Waals surface area contributed by atoms with Crippen LogP contribution in [0, 0.1) is 11.3 Å². The van der Waals surface area contributed by atoms with Gasteiger partial charge in [-0.3, -0.25) is 9.79 Å². The minimum atomic E-state index is 0. The molecule has 146 valence electrons. The molecule has 1 saturated carbocycles. The number of amides is 1. The third-order valence-electron chi connectivity index (χ3n) is 5.13. The van der Waals surface area contributed by atoms with Gasteiger partial charge in [0.05, 0.1) is 0 Å². The second kappa shape index (κ2) is 10.5. The molecule has 0 bridgehead atoms. The summed E-state index contributed by atoms with van der Waals surface area (Å²) < 4.78 is 5.49. The Labute approximate surface area is 169 Å². The third kappa shape index (κ3) is 6.92. The van der Waals surface area contributed by atoms with Gasteiger partial charge >= 0.3 is 0 Å². The lowest BCUT2D eigenvalue weighted by molar-refractivity contribution is -0.133. The van der Waals surface area contributed by atoms with Crippen LogP contribution in [0.4, 0.5) is 0 Å². The van der Waals surface area contributed by atoms with E-state index >= 15 is 0 Å². The normalized spacial score (nSPS) is 21.9. The van der Waals surface area contributed by atoms with Crippen molar-refractivity contribution in [1.82, 2.24) is 15.5 Å². The second-order valence-corrected chi connectivity index (χ2v) is 7.44. The molecule has 2 aliphatic rings. The zero-order chi connectivity index (χ0) is 17.6. The van der Waals surface area contributed by atoms with E-state index in [0.717, 1.165) is 51.6 Å². The Morgan fingerprint density at radius 3 is 2.68 bits per heavy atom. The van der Waals surface area contributed by atoms with Gasteiger partial charge in [-0.05, 0) is 38.0 Å². The number of carbonyl (C=O) groups is 1. The Balaban J connectivity index is 0.00000312. The van der Waals surface area contributed by atoms with Crippen LogP contribution in [0.3, 0.4) is 0 Å². The lowest BCUT2D eigenvalue weighted by atomic mass is 10.0. The predicted octanol–water partition coefficient (Wildman–Crippen LogP) is 2.23. The molecule has 1 amide bonds. The van der Waals surface area contributed by atoms with E-state index < -0.39 is 0 Å². The molecule has 2 fully saturated rings. The van der Waals surface area contributed by atoms with Crippen LogP contribution >= 0.6 is 24.0 Å². The van der Waals surface area contributed by atoms with Gasteiger partial charge in [0.15, 0.2) is 5.96 Å². The Bertz CT molecular complexity index is 452. The maximum atomic E-state index is 12.1. The average molecular weight is 466 g/mol. The van der Waals surface area contributed by atoms with Crippen LogP contribution in [0.2, 0.25) is 0 Å². The molecule has 0 radical (unpaired) electrons. The van der Waals surface area contributed by atoms with Crippen LogP contribution in [0.1, 0.15) is 46.5 Å². The second-order valence-electron chi connectivity index (χ2n) is 7.44. The maximum absolute atomic E-state index is 12.1. The molecular weight excluding hydrogens is 431 g/mol. The fourth-order valence-corrected chi connectivity index (χ4v) is 3.23. The van der Waals surface area contributed by atoms with Gasteiger partial charge in [-0.1, -0.05) is 13.8 Å². The number of carbonyl (C=O) groups excluding carboxylic acids is 1. The lowest BCUT2D eigenvalue weighted by Gasteiger charge is -2.22. The van der Waals surface area contributed by atoms with Crippen molar-refractivity contribution in [3.05, 3.63) is 0 Å². The highest BCUT2D eigenvalue weighted by molar-refractivity contribution is 14.0. The van der Waals surface area contributed by atoms with Gasteiger partial charge < -0.3 is 20.3 Å². The van der Waals surface area contributed by atoms with Crippen LogP contribution in [-0.2, 0) is 9.53 Å². The number of ether oxygens (including phenoxy) is 1. The van der Waals surface area contributed by atoms with Crippen molar-refractivity contribution in [3.63, 3.8) is 0 Å². The molecule has 1 unspecified atom stereocenters. The summed E-state index contributed by atoms with van der Waals surface area (Å²) in [5, 5.41) is 6.94. The number of guanidine groups is 1. The van der Waals surface area contributed by atoms with E-state index in [4.69, 9.17) is 4.74 Å². The molecule has 1 aliphatic heterocycles. The quantitative estimate of drug-likeness (QED) is 0.249. The van der Waals surface area contributed by atoms with E-state index in [1.165, 1.54) is 12.8 Å². The Kier molecular flexibility index (Phi) is 9.48. The highest BCUT2D eigenvalue weighted by Crippen LogP contribution is 2.48. The molecule has 25 heavy (non-hydrogen) atoms. The fourth-order valence-electron chi connectivity index (χ4n) is 3.23. The smallest absolute Gasteiger partial charge is 0.225 e. The summed E-state index contributed by atoms with van der Waals surface area (Å²) in [6, 6.07) is 0.289. The zero-order valence-corrected chi connectivity index (χ0v) is 18.5. The summed E-state index contributed by atoms with van der Waals surface area (Å²) in [6.07, 6.45) is 4.63. The van der Waals surface area contributed by atoms with Crippen molar-refractivity contribution in [3.8, 4) is 0 Å². The van der Waals surface area contributed by atoms with Crippen LogP contribution < -0.4 is 10.6 Å². The summed E-state index contributed by atoms with van der Waals surface area (Å²) in [5.74, 6) is 1.16. The fraction of sp³-hybridized carbons (Fsp3) is 0.889. The Hall–Kier alpha value is -0.570. The van der Waals surface area contributed by atoms with Gasteiger partial charge in [0.1, 0.15) is 0 Å². The number of hydrogen-bond acceptors (Lipinski definition) is 3. The molecule has 2 N–H and O–H groups in total. The average Bonchev–Trinajstić information content (AvgIpc) is 3.18. The molecule has 2 rings (SSSR count). The minimum absolute atomic E-state index is 0. The molecular formula is C18H35IN4O2. The summed E-state index contributed by atoms with van der Waals surface area (Å²) in [4.78, 5) is 18.4. The summed E-state index contributed by atoms with van der Waals surface area (Å²) in [6.45, 7) is 10.2. The highest BCUT2D eigenvalue weighted by atomic mass is 127. The molecule has 1 atom stereocenters. The van der Waals surface area contributed by atoms with Crippen molar-refractivity contribution >= 4 is 35.8 Å². The minimum Gasteiger partial charge on any atom is -0.382 e. The summed E-state index contributed by atoms with van der Waals surface area (Å²) in [5.41, 5.74) is 0.391. The number of halogens is 1. The first-order valence-electron chi connectivity index (χ1n) is 9.33. The molecule has 1 aliphatic carbocycles. The van der Waals surface area contributed by atoms with Crippen LogP contribution in [-0.4, -0.2) is 62.7 Å². The van der Waals surface area contributed by atoms with Crippen LogP contribution in [0.15, 0.2) is 4.99 Å². The van der Waals surface area contributed by atoms with E-state index in [0.29, 0.717) is 5.41 Å². The highest BCUT2D eigenvalue weighted by Gasteiger charge is 2.42. The van der Waals surface area contributed by atoms with E-state index in [9.17, 15) is 4.79 Å². The lowest BCUT2D eigenvalue weighted by Crippen LogP contribution is -2.46. The Morgan fingerprint density at radius 1 is 1.40 bits per heavy atom. The molecule has 0 aromatic carbocycles. The van der Waals surface area contributed by atoms with Crippen LogP contribution in [0.5, 0.6) is 0 Å². The zero-order valence-electron chi connectivity index (χ0n) is 16.1. The molecule has 7 heteroatoms. The Morgan fingerprint density at radius 2 is 2.12 bits per heavy atom. The number of rotatable bonds is 8. The summed E-state index contributed by atoms with van der Waals surface area (Å²) >= 11 is 0. The van der Waals surface area contributed by atoms with Gasteiger partial charge in [-0.15, -0.1) is 24.0 Å².